The molecule has 1 radical (unpaired) electrons. The molecule has 0 saturated carbocycles. The Hall–Kier alpha value is -4.08. The third-order valence-electron chi connectivity index (χ3n) is 4.96. The van der Waals surface area contributed by atoms with Gasteiger partial charge in [0.15, 0.2) is 0 Å². The van der Waals surface area contributed by atoms with Gasteiger partial charge in [-0.05, 0) is 30.3 Å². The maximum absolute atomic E-state index is 13.6. The van der Waals surface area contributed by atoms with Gasteiger partial charge in [-0.2, -0.15) is 0 Å². The van der Waals surface area contributed by atoms with Gasteiger partial charge in [0.05, 0.1) is 27.4 Å². The van der Waals surface area contributed by atoms with Gasteiger partial charge in [0, 0.05) is 46.2 Å². The van der Waals surface area contributed by atoms with Crippen molar-refractivity contribution >= 4 is 75.4 Å². The van der Waals surface area contributed by atoms with Crippen LogP contribution in [-0.2, 0) is 4.79 Å². The van der Waals surface area contributed by atoms with E-state index in [1.807, 2.05) is 0 Å². The standard InChI is InChI=1S/C23H12Cl2FN6O2/c24-16-5-11(26)6-17(25)21(16)32-22-14-8-20(33)29-9-15(14)13-7-12(1-2-18(13)31-22)30-23(34)19-10-27-3-4-28-19/h1-10H,(H,30,34)(H,31,32). The molecule has 0 saturated heterocycles. The Bertz CT molecular complexity index is 1590. The summed E-state index contributed by atoms with van der Waals surface area (Å²) in [5.41, 5.74) is 1.44. The Morgan fingerprint density at radius 1 is 1.03 bits per heavy atom. The molecule has 167 valence electrons. The van der Waals surface area contributed by atoms with E-state index in [4.69, 9.17) is 23.2 Å². The first-order valence-electron chi connectivity index (χ1n) is 9.78. The fourth-order valence-electron chi connectivity index (χ4n) is 3.44. The molecule has 0 unspecified atom stereocenters. The van der Waals surface area contributed by atoms with Crippen molar-refractivity contribution in [3.05, 3.63) is 80.9 Å². The topological polar surface area (TPSA) is 111 Å². The van der Waals surface area contributed by atoms with Crippen LogP contribution in [0.1, 0.15) is 10.5 Å². The largest absolute Gasteiger partial charge is 0.337 e. The molecule has 1 aliphatic rings. The minimum atomic E-state index is -0.584. The minimum absolute atomic E-state index is 0.0542. The Kier molecular flexibility index (Phi) is 5.56. The van der Waals surface area contributed by atoms with Gasteiger partial charge in [-0.3, -0.25) is 14.6 Å². The molecule has 2 aromatic heterocycles. The molecule has 2 aromatic carbocycles. The van der Waals surface area contributed by atoms with Crippen LogP contribution in [0.4, 0.5) is 21.6 Å². The summed E-state index contributed by atoms with van der Waals surface area (Å²) in [7, 11) is 0. The van der Waals surface area contributed by atoms with E-state index in [0.717, 1.165) is 12.1 Å². The molecule has 34 heavy (non-hydrogen) atoms. The summed E-state index contributed by atoms with van der Waals surface area (Å²) in [4.78, 5) is 37.0. The highest BCUT2D eigenvalue weighted by Crippen LogP contribution is 2.33. The van der Waals surface area contributed by atoms with Gasteiger partial charge in [0.25, 0.3) is 11.8 Å². The number of hydrogen-bond donors (Lipinski definition) is 2. The Morgan fingerprint density at radius 3 is 2.56 bits per heavy atom. The van der Waals surface area contributed by atoms with Crippen molar-refractivity contribution in [2.45, 2.75) is 0 Å². The van der Waals surface area contributed by atoms with Gasteiger partial charge in [0.2, 0.25) is 0 Å². The zero-order valence-corrected chi connectivity index (χ0v) is 18.5. The number of aromatic nitrogens is 3. The van der Waals surface area contributed by atoms with E-state index in [9.17, 15) is 14.0 Å². The third kappa shape index (κ3) is 4.14. The van der Waals surface area contributed by atoms with Crippen LogP contribution in [0.15, 0.2) is 48.9 Å². The normalized spacial score (nSPS) is 12.3. The zero-order valence-electron chi connectivity index (χ0n) is 17.0. The Labute approximate surface area is 201 Å². The first-order valence-corrected chi connectivity index (χ1v) is 10.5. The molecule has 5 rings (SSSR count). The number of fused-ring (bicyclic) bond motifs is 3. The molecule has 0 bridgehead atoms. The molecule has 4 aromatic rings. The van der Waals surface area contributed by atoms with E-state index >= 15 is 0 Å². The SMILES string of the molecule is O=C1C=c2c(Nc3c(Cl)cc(F)cc3Cl)nc3ccc(NC(=O)c4cnccn4)cc3c2=C[N]1. The number of nitrogens with zero attached hydrogens (tertiary/aromatic N) is 4. The second kappa shape index (κ2) is 8.69. The van der Waals surface area contributed by atoms with Gasteiger partial charge in [-0.1, -0.05) is 23.2 Å². The number of nitrogens with one attached hydrogen (secondary N) is 2. The van der Waals surface area contributed by atoms with Crippen LogP contribution in [0.3, 0.4) is 0 Å². The van der Waals surface area contributed by atoms with E-state index in [2.05, 4.69) is 30.9 Å². The predicted octanol–water partition coefficient (Wildman–Crippen LogP) is 3.13. The van der Waals surface area contributed by atoms with Crippen LogP contribution in [0.25, 0.3) is 23.2 Å². The van der Waals surface area contributed by atoms with Crippen molar-refractivity contribution < 1.29 is 14.0 Å². The highest BCUT2D eigenvalue weighted by Gasteiger charge is 2.16. The molecule has 0 aliphatic carbocycles. The summed E-state index contributed by atoms with van der Waals surface area (Å²) < 4.78 is 13.6. The van der Waals surface area contributed by atoms with Crippen LogP contribution in [0.2, 0.25) is 10.0 Å². The van der Waals surface area contributed by atoms with Gasteiger partial charge < -0.3 is 10.6 Å². The summed E-state index contributed by atoms with van der Waals surface area (Å²) in [6.07, 6.45) is 7.00. The summed E-state index contributed by atoms with van der Waals surface area (Å²) in [5.74, 6) is -1.20. The van der Waals surface area contributed by atoms with Crippen molar-refractivity contribution in [3.8, 4) is 0 Å². The second-order valence-corrected chi connectivity index (χ2v) is 7.99. The monoisotopic (exact) mass is 493 g/mol. The molecule has 3 heterocycles. The minimum Gasteiger partial charge on any atom is -0.337 e. The molecule has 8 nitrogen and oxygen atoms in total. The van der Waals surface area contributed by atoms with Crippen molar-refractivity contribution in [1.29, 1.82) is 0 Å². The molecule has 0 atom stereocenters. The van der Waals surface area contributed by atoms with E-state index in [0.29, 0.717) is 27.0 Å². The highest BCUT2D eigenvalue weighted by molar-refractivity contribution is 6.39. The van der Waals surface area contributed by atoms with Crippen molar-refractivity contribution in [2.24, 2.45) is 0 Å². The van der Waals surface area contributed by atoms with E-state index < -0.39 is 17.6 Å². The summed E-state index contributed by atoms with van der Waals surface area (Å²) in [6.45, 7) is 0. The summed E-state index contributed by atoms with van der Waals surface area (Å²) in [6, 6.07) is 7.32. The molecule has 2 amide bonds. The van der Waals surface area contributed by atoms with E-state index in [1.54, 1.807) is 18.2 Å². The van der Waals surface area contributed by atoms with Crippen LogP contribution in [0, 0.1) is 5.82 Å². The zero-order chi connectivity index (χ0) is 23.8. The summed E-state index contributed by atoms with van der Waals surface area (Å²) >= 11 is 12.3. The van der Waals surface area contributed by atoms with E-state index in [1.165, 1.54) is 30.9 Å². The fourth-order valence-corrected chi connectivity index (χ4v) is 4.00. The fraction of sp³-hybridized carbons (Fsp3) is 0. The molecule has 11 heteroatoms. The van der Waals surface area contributed by atoms with E-state index in [-0.39, 0.29) is 27.2 Å². The summed E-state index contributed by atoms with van der Waals surface area (Å²) in [5, 5.41) is 11.4. The van der Waals surface area contributed by atoms with Crippen molar-refractivity contribution in [2.75, 3.05) is 10.6 Å². The molecule has 0 fully saturated rings. The highest BCUT2D eigenvalue weighted by atomic mass is 35.5. The molecule has 2 N–H and O–H groups in total. The predicted molar refractivity (Wildman–Crippen MR) is 127 cm³/mol. The molecule has 1 aliphatic heterocycles. The average Bonchev–Trinajstić information content (AvgIpc) is 2.82. The van der Waals surface area contributed by atoms with Gasteiger partial charge in [-0.25, -0.2) is 19.7 Å². The van der Waals surface area contributed by atoms with Crippen LogP contribution < -0.4 is 26.4 Å². The number of halogens is 3. The first kappa shape index (κ1) is 21.7. The van der Waals surface area contributed by atoms with Crippen molar-refractivity contribution in [1.82, 2.24) is 20.3 Å². The number of benzene rings is 2. The number of hydrogen-bond acceptors (Lipinski definition) is 6. The Morgan fingerprint density at radius 2 is 1.82 bits per heavy atom. The lowest BCUT2D eigenvalue weighted by molar-refractivity contribution is -0.114. The van der Waals surface area contributed by atoms with Gasteiger partial charge in [-0.15, -0.1) is 0 Å². The number of rotatable bonds is 4. The maximum Gasteiger partial charge on any atom is 0.275 e. The van der Waals surface area contributed by atoms with Gasteiger partial charge >= 0.3 is 0 Å². The molecular formula is C23H12Cl2FN6O2. The number of anilines is 3. The van der Waals surface area contributed by atoms with Crippen LogP contribution in [-0.4, -0.2) is 26.8 Å². The van der Waals surface area contributed by atoms with Crippen LogP contribution >= 0.6 is 23.2 Å². The first-order chi connectivity index (χ1) is 16.4. The third-order valence-corrected chi connectivity index (χ3v) is 5.55. The second-order valence-electron chi connectivity index (χ2n) is 7.17. The number of carbonyl (C=O) groups excluding carboxylic acids is 2. The molecular weight excluding hydrogens is 482 g/mol. The Balaban J connectivity index is 1.61. The quantitative estimate of drug-likeness (QED) is 0.451. The smallest absolute Gasteiger partial charge is 0.275 e. The lowest BCUT2D eigenvalue weighted by Crippen LogP contribution is -2.36. The number of amides is 2. The maximum atomic E-state index is 13.6. The number of pyridine rings is 1. The average molecular weight is 494 g/mol. The number of carbonyl (C=O) groups is 2. The van der Waals surface area contributed by atoms with Crippen molar-refractivity contribution in [3.63, 3.8) is 0 Å². The van der Waals surface area contributed by atoms with Gasteiger partial charge in [0.1, 0.15) is 17.3 Å². The molecule has 0 spiro atoms. The van der Waals surface area contributed by atoms with Crippen LogP contribution in [0.5, 0.6) is 0 Å². The lowest BCUT2D eigenvalue weighted by Gasteiger charge is -2.14. The lowest BCUT2D eigenvalue weighted by atomic mass is 10.1.